The molecule has 0 saturated heterocycles. The lowest BCUT2D eigenvalue weighted by Crippen LogP contribution is -1.97. The van der Waals surface area contributed by atoms with Crippen molar-refractivity contribution in [1.29, 1.82) is 0 Å². The predicted molar refractivity (Wildman–Crippen MR) is 80.8 cm³/mol. The second-order valence-electron chi connectivity index (χ2n) is 3.88. The summed E-state index contributed by atoms with van der Waals surface area (Å²) in [6.45, 7) is 2.59. The van der Waals surface area contributed by atoms with Crippen LogP contribution in [0.3, 0.4) is 0 Å². The first-order chi connectivity index (χ1) is 9.20. The van der Waals surface area contributed by atoms with Crippen molar-refractivity contribution in [2.45, 2.75) is 17.7 Å². The van der Waals surface area contributed by atoms with Gasteiger partial charge in [0.15, 0.2) is 0 Å². The lowest BCUT2D eigenvalue weighted by molar-refractivity contribution is 0.337. The smallest absolute Gasteiger partial charge is 0.123 e. The topological polar surface area (TPSA) is 48.1 Å². The fraction of sp³-hybridized carbons (Fsp3) is 0.214. The molecule has 0 aliphatic heterocycles. The number of ether oxygens (including phenoxy) is 1. The first-order valence-electron chi connectivity index (χ1n) is 5.95. The standard InChI is InChI=1S/C14H15ClN2OS/c1-2-18-13-6-5-11(16)8-10(13)9-19-14-12(15)4-3-7-17-14/h3-8H,2,9,16H2,1H3. The molecule has 0 saturated carbocycles. The number of hydrogen-bond donors (Lipinski definition) is 1. The lowest BCUT2D eigenvalue weighted by Gasteiger charge is -2.11. The van der Waals surface area contributed by atoms with Gasteiger partial charge in [-0.1, -0.05) is 11.6 Å². The Labute approximate surface area is 122 Å². The molecule has 0 bridgehead atoms. The molecule has 0 aliphatic carbocycles. The minimum atomic E-state index is 0.631. The number of nitrogen functional groups attached to an aromatic ring is 1. The molecule has 2 aromatic rings. The van der Waals surface area contributed by atoms with Crippen LogP contribution in [0, 0.1) is 0 Å². The Hall–Kier alpha value is -1.39. The monoisotopic (exact) mass is 294 g/mol. The number of rotatable bonds is 5. The van der Waals surface area contributed by atoms with Crippen LogP contribution in [0.25, 0.3) is 0 Å². The normalized spacial score (nSPS) is 10.4. The van der Waals surface area contributed by atoms with Crippen LogP contribution < -0.4 is 10.5 Å². The van der Waals surface area contributed by atoms with E-state index in [0.29, 0.717) is 11.6 Å². The fourth-order valence-electron chi connectivity index (χ4n) is 1.63. The third kappa shape index (κ3) is 3.78. The van der Waals surface area contributed by atoms with Gasteiger partial charge < -0.3 is 10.5 Å². The first kappa shape index (κ1) is 14.0. The van der Waals surface area contributed by atoms with Crippen LogP contribution in [0.15, 0.2) is 41.6 Å². The van der Waals surface area contributed by atoms with E-state index in [1.807, 2.05) is 37.3 Å². The van der Waals surface area contributed by atoms with E-state index in [4.69, 9.17) is 22.1 Å². The third-order valence-electron chi connectivity index (χ3n) is 2.47. The number of hydrogen-bond acceptors (Lipinski definition) is 4. The SMILES string of the molecule is CCOc1ccc(N)cc1CSc1ncccc1Cl. The van der Waals surface area contributed by atoms with Crippen LogP contribution in [0.1, 0.15) is 12.5 Å². The molecule has 0 spiro atoms. The quantitative estimate of drug-likeness (QED) is 0.668. The van der Waals surface area contributed by atoms with Gasteiger partial charge in [0.25, 0.3) is 0 Å². The number of nitrogens with zero attached hydrogens (tertiary/aromatic N) is 1. The molecule has 0 unspecified atom stereocenters. The van der Waals surface area contributed by atoms with Crippen molar-refractivity contribution in [3.8, 4) is 5.75 Å². The Kier molecular flexibility index (Phi) is 4.93. The molecule has 1 aromatic carbocycles. The van der Waals surface area contributed by atoms with Crippen molar-refractivity contribution in [1.82, 2.24) is 4.98 Å². The molecule has 100 valence electrons. The summed E-state index contributed by atoms with van der Waals surface area (Å²) in [4.78, 5) is 4.25. The van der Waals surface area contributed by atoms with Crippen molar-refractivity contribution in [2.75, 3.05) is 12.3 Å². The zero-order valence-corrected chi connectivity index (χ0v) is 12.2. The zero-order chi connectivity index (χ0) is 13.7. The van der Waals surface area contributed by atoms with E-state index in [-0.39, 0.29) is 0 Å². The summed E-state index contributed by atoms with van der Waals surface area (Å²) < 4.78 is 5.59. The predicted octanol–water partition coefficient (Wildman–Crippen LogP) is 4.01. The lowest BCUT2D eigenvalue weighted by atomic mass is 10.2. The molecule has 2 N–H and O–H groups in total. The molecule has 0 atom stereocenters. The van der Waals surface area contributed by atoms with Crippen LogP contribution in [-0.4, -0.2) is 11.6 Å². The highest BCUT2D eigenvalue weighted by atomic mass is 35.5. The molecule has 0 aliphatic rings. The van der Waals surface area contributed by atoms with Crippen molar-refractivity contribution in [3.63, 3.8) is 0 Å². The third-order valence-corrected chi connectivity index (χ3v) is 3.94. The van der Waals surface area contributed by atoms with Crippen molar-refractivity contribution in [2.24, 2.45) is 0 Å². The van der Waals surface area contributed by atoms with Crippen molar-refractivity contribution >= 4 is 29.1 Å². The number of halogens is 1. The van der Waals surface area contributed by atoms with E-state index in [1.165, 1.54) is 0 Å². The van der Waals surface area contributed by atoms with Crippen molar-refractivity contribution < 1.29 is 4.74 Å². The number of aromatic nitrogens is 1. The van der Waals surface area contributed by atoms with E-state index in [1.54, 1.807) is 18.0 Å². The molecule has 3 nitrogen and oxygen atoms in total. The fourth-order valence-corrected chi connectivity index (χ4v) is 2.78. The van der Waals surface area contributed by atoms with Gasteiger partial charge in [0, 0.05) is 23.2 Å². The zero-order valence-electron chi connectivity index (χ0n) is 10.6. The van der Waals surface area contributed by atoms with Crippen LogP contribution in [-0.2, 0) is 5.75 Å². The van der Waals surface area contributed by atoms with Crippen LogP contribution in [0.2, 0.25) is 5.02 Å². The molecule has 0 amide bonds. The van der Waals surface area contributed by atoms with Gasteiger partial charge in [-0.15, -0.1) is 11.8 Å². The van der Waals surface area contributed by atoms with Gasteiger partial charge in [-0.2, -0.15) is 0 Å². The summed E-state index contributed by atoms with van der Waals surface area (Å²) in [5.41, 5.74) is 7.59. The van der Waals surface area contributed by atoms with Gasteiger partial charge in [0.1, 0.15) is 10.8 Å². The van der Waals surface area contributed by atoms with Gasteiger partial charge in [-0.3, -0.25) is 0 Å². The number of pyridine rings is 1. The number of benzene rings is 1. The highest BCUT2D eigenvalue weighted by Crippen LogP contribution is 2.31. The first-order valence-corrected chi connectivity index (χ1v) is 7.31. The Morgan fingerprint density at radius 2 is 2.21 bits per heavy atom. The highest BCUT2D eigenvalue weighted by molar-refractivity contribution is 7.98. The minimum absolute atomic E-state index is 0.631. The van der Waals surface area contributed by atoms with Gasteiger partial charge >= 0.3 is 0 Å². The average Bonchev–Trinajstić information content (AvgIpc) is 2.41. The minimum Gasteiger partial charge on any atom is -0.494 e. The van der Waals surface area contributed by atoms with Crippen LogP contribution in [0.5, 0.6) is 5.75 Å². The molecule has 19 heavy (non-hydrogen) atoms. The van der Waals surface area contributed by atoms with Gasteiger partial charge in [-0.25, -0.2) is 4.98 Å². The van der Waals surface area contributed by atoms with Crippen molar-refractivity contribution in [3.05, 3.63) is 47.1 Å². The van der Waals surface area contributed by atoms with E-state index in [9.17, 15) is 0 Å². The Bertz CT molecular complexity index is 563. The van der Waals surface area contributed by atoms with Gasteiger partial charge in [-0.05, 0) is 37.3 Å². The van der Waals surface area contributed by atoms with E-state index < -0.39 is 0 Å². The number of anilines is 1. The second kappa shape index (κ2) is 6.68. The van der Waals surface area contributed by atoms with Gasteiger partial charge in [0.2, 0.25) is 0 Å². The summed E-state index contributed by atoms with van der Waals surface area (Å²) in [5, 5.41) is 1.48. The molecule has 1 heterocycles. The maximum absolute atomic E-state index is 6.08. The summed E-state index contributed by atoms with van der Waals surface area (Å²) in [5.74, 6) is 1.58. The Morgan fingerprint density at radius 1 is 1.37 bits per heavy atom. The molecule has 1 aromatic heterocycles. The largest absolute Gasteiger partial charge is 0.494 e. The summed E-state index contributed by atoms with van der Waals surface area (Å²) >= 11 is 7.65. The van der Waals surface area contributed by atoms with Crippen LogP contribution >= 0.6 is 23.4 Å². The average molecular weight is 295 g/mol. The van der Waals surface area contributed by atoms with Crippen LogP contribution in [0.4, 0.5) is 5.69 Å². The van der Waals surface area contributed by atoms with E-state index >= 15 is 0 Å². The molecule has 5 heteroatoms. The molecular formula is C14H15ClN2OS. The number of thioether (sulfide) groups is 1. The second-order valence-corrected chi connectivity index (χ2v) is 5.25. The summed E-state index contributed by atoms with van der Waals surface area (Å²) in [6.07, 6.45) is 1.73. The molecule has 0 radical (unpaired) electrons. The van der Waals surface area contributed by atoms with E-state index in [0.717, 1.165) is 27.8 Å². The van der Waals surface area contributed by atoms with Gasteiger partial charge in [0.05, 0.1) is 11.6 Å². The molecule has 2 rings (SSSR count). The maximum atomic E-state index is 6.08. The Morgan fingerprint density at radius 3 is 2.95 bits per heavy atom. The Balaban J connectivity index is 2.14. The van der Waals surface area contributed by atoms with E-state index in [2.05, 4.69) is 4.98 Å². The highest BCUT2D eigenvalue weighted by Gasteiger charge is 2.07. The summed E-state index contributed by atoms with van der Waals surface area (Å²) in [7, 11) is 0. The summed E-state index contributed by atoms with van der Waals surface area (Å²) in [6, 6.07) is 9.31. The number of nitrogens with two attached hydrogens (primary N) is 1. The molecular weight excluding hydrogens is 280 g/mol. The molecule has 0 fully saturated rings. The maximum Gasteiger partial charge on any atom is 0.123 e.